The van der Waals surface area contributed by atoms with Crippen LogP contribution in [0.2, 0.25) is 0 Å². The SMILES string of the molecule is CCC(N)c1cn(Cc2noc(-c3ccco3)n2)nn1. The second-order valence-corrected chi connectivity index (χ2v) is 4.35. The lowest BCUT2D eigenvalue weighted by Crippen LogP contribution is -2.08. The highest BCUT2D eigenvalue weighted by Crippen LogP contribution is 2.17. The summed E-state index contributed by atoms with van der Waals surface area (Å²) in [6, 6.07) is 3.41. The first-order valence-electron chi connectivity index (χ1n) is 6.28. The number of furan rings is 1. The fraction of sp³-hybridized carbons (Fsp3) is 0.333. The van der Waals surface area contributed by atoms with Crippen molar-refractivity contribution in [3.05, 3.63) is 36.1 Å². The molecule has 0 saturated heterocycles. The predicted octanol–water partition coefficient (Wildman–Crippen LogP) is 1.38. The van der Waals surface area contributed by atoms with E-state index in [1.165, 1.54) is 0 Å². The highest BCUT2D eigenvalue weighted by Gasteiger charge is 2.13. The van der Waals surface area contributed by atoms with Gasteiger partial charge in [-0.3, -0.25) is 0 Å². The molecule has 3 aromatic rings. The molecular weight excluding hydrogens is 260 g/mol. The molecule has 8 nitrogen and oxygen atoms in total. The molecule has 1 atom stereocenters. The molecule has 0 aliphatic rings. The maximum absolute atomic E-state index is 5.89. The van der Waals surface area contributed by atoms with E-state index < -0.39 is 0 Å². The van der Waals surface area contributed by atoms with Gasteiger partial charge >= 0.3 is 0 Å². The number of hydrogen-bond donors (Lipinski definition) is 1. The van der Waals surface area contributed by atoms with E-state index in [-0.39, 0.29) is 6.04 Å². The van der Waals surface area contributed by atoms with Gasteiger partial charge in [0.25, 0.3) is 5.89 Å². The van der Waals surface area contributed by atoms with Crippen molar-refractivity contribution in [1.82, 2.24) is 25.1 Å². The van der Waals surface area contributed by atoms with Gasteiger partial charge in [0, 0.05) is 0 Å². The summed E-state index contributed by atoms with van der Waals surface area (Å²) < 4.78 is 11.9. The molecule has 3 aromatic heterocycles. The maximum atomic E-state index is 5.89. The molecule has 0 fully saturated rings. The van der Waals surface area contributed by atoms with Gasteiger partial charge in [-0.15, -0.1) is 5.10 Å². The molecule has 0 aliphatic heterocycles. The van der Waals surface area contributed by atoms with Crippen LogP contribution in [0.5, 0.6) is 0 Å². The third-order valence-electron chi connectivity index (χ3n) is 2.88. The number of rotatable bonds is 5. The summed E-state index contributed by atoms with van der Waals surface area (Å²) in [6.45, 7) is 2.37. The summed E-state index contributed by atoms with van der Waals surface area (Å²) in [5.41, 5.74) is 6.64. The van der Waals surface area contributed by atoms with Crippen LogP contribution >= 0.6 is 0 Å². The quantitative estimate of drug-likeness (QED) is 0.748. The molecular formula is C12H14N6O2. The summed E-state index contributed by atoms with van der Waals surface area (Å²) in [6.07, 6.45) is 4.15. The molecule has 1 unspecified atom stereocenters. The van der Waals surface area contributed by atoms with Crippen molar-refractivity contribution < 1.29 is 8.94 Å². The average molecular weight is 274 g/mol. The van der Waals surface area contributed by atoms with Gasteiger partial charge in [-0.25, -0.2) is 4.68 Å². The van der Waals surface area contributed by atoms with Crippen LogP contribution < -0.4 is 5.73 Å². The van der Waals surface area contributed by atoms with E-state index in [2.05, 4.69) is 20.5 Å². The highest BCUT2D eigenvalue weighted by atomic mass is 16.5. The molecule has 2 N–H and O–H groups in total. The van der Waals surface area contributed by atoms with Crippen LogP contribution in [0.4, 0.5) is 0 Å². The zero-order chi connectivity index (χ0) is 13.9. The van der Waals surface area contributed by atoms with Gasteiger partial charge < -0.3 is 14.7 Å². The third kappa shape index (κ3) is 2.45. The Morgan fingerprint density at radius 1 is 1.45 bits per heavy atom. The van der Waals surface area contributed by atoms with E-state index >= 15 is 0 Å². The average Bonchev–Trinajstić information content (AvgIpc) is 3.19. The summed E-state index contributed by atoms with van der Waals surface area (Å²) >= 11 is 0. The summed E-state index contributed by atoms with van der Waals surface area (Å²) in [5.74, 6) is 1.38. The van der Waals surface area contributed by atoms with Crippen LogP contribution in [-0.4, -0.2) is 25.1 Å². The largest absolute Gasteiger partial charge is 0.459 e. The van der Waals surface area contributed by atoms with Gasteiger partial charge in [-0.05, 0) is 18.6 Å². The number of nitrogens with two attached hydrogens (primary N) is 1. The van der Waals surface area contributed by atoms with Crippen LogP contribution in [0.15, 0.2) is 33.5 Å². The maximum Gasteiger partial charge on any atom is 0.293 e. The second-order valence-electron chi connectivity index (χ2n) is 4.35. The van der Waals surface area contributed by atoms with Gasteiger partial charge in [0.2, 0.25) is 0 Å². The van der Waals surface area contributed by atoms with E-state index in [9.17, 15) is 0 Å². The normalized spacial score (nSPS) is 12.7. The van der Waals surface area contributed by atoms with Gasteiger partial charge in [-0.2, -0.15) is 4.98 Å². The molecule has 8 heteroatoms. The van der Waals surface area contributed by atoms with E-state index in [1.54, 1.807) is 29.3 Å². The smallest absolute Gasteiger partial charge is 0.293 e. The lowest BCUT2D eigenvalue weighted by atomic mass is 10.2. The third-order valence-corrected chi connectivity index (χ3v) is 2.88. The van der Waals surface area contributed by atoms with E-state index in [0.717, 1.165) is 12.1 Å². The zero-order valence-electron chi connectivity index (χ0n) is 10.9. The highest BCUT2D eigenvalue weighted by molar-refractivity contribution is 5.42. The molecule has 3 rings (SSSR count). The molecule has 0 amide bonds. The molecule has 20 heavy (non-hydrogen) atoms. The standard InChI is InChI=1S/C12H14N6O2/c1-2-8(13)9-6-18(17-15-9)7-11-14-12(20-16-11)10-4-3-5-19-10/h3-6,8H,2,7,13H2,1H3. The summed E-state index contributed by atoms with van der Waals surface area (Å²) in [7, 11) is 0. The molecule has 104 valence electrons. The van der Waals surface area contributed by atoms with Crippen LogP contribution in [0.1, 0.15) is 30.9 Å². The summed E-state index contributed by atoms with van der Waals surface area (Å²) in [4.78, 5) is 4.23. The Morgan fingerprint density at radius 3 is 3.10 bits per heavy atom. The first-order valence-corrected chi connectivity index (χ1v) is 6.28. The minimum absolute atomic E-state index is 0.104. The minimum atomic E-state index is -0.104. The molecule has 0 saturated carbocycles. The lowest BCUT2D eigenvalue weighted by molar-refractivity contribution is 0.406. The minimum Gasteiger partial charge on any atom is -0.459 e. The first kappa shape index (κ1) is 12.5. The Bertz CT molecular complexity index is 672. The van der Waals surface area contributed by atoms with Crippen molar-refractivity contribution >= 4 is 0 Å². The fourth-order valence-electron chi connectivity index (χ4n) is 1.73. The van der Waals surface area contributed by atoms with Gasteiger partial charge in [0.05, 0.1) is 24.2 Å². The van der Waals surface area contributed by atoms with Crippen molar-refractivity contribution in [2.45, 2.75) is 25.9 Å². The van der Waals surface area contributed by atoms with Crippen LogP contribution in [0.3, 0.4) is 0 Å². The van der Waals surface area contributed by atoms with E-state index in [1.807, 2.05) is 6.92 Å². The number of nitrogens with zero attached hydrogens (tertiary/aromatic N) is 5. The number of hydrogen-bond acceptors (Lipinski definition) is 7. The van der Waals surface area contributed by atoms with Crippen LogP contribution in [0.25, 0.3) is 11.7 Å². The van der Waals surface area contributed by atoms with Crippen molar-refractivity contribution in [2.24, 2.45) is 5.73 Å². The van der Waals surface area contributed by atoms with Crippen LogP contribution in [0, 0.1) is 0 Å². The Morgan fingerprint density at radius 2 is 2.35 bits per heavy atom. The van der Waals surface area contributed by atoms with Crippen molar-refractivity contribution in [3.63, 3.8) is 0 Å². The Balaban J connectivity index is 1.73. The molecule has 0 bridgehead atoms. The van der Waals surface area contributed by atoms with E-state index in [4.69, 9.17) is 14.7 Å². The molecule has 3 heterocycles. The topological polar surface area (TPSA) is 109 Å². The monoisotopic (exact) mass is 274 g/mol. The zero-order valence-corrected chi connectivity index (χ0v) is 10.9. The molecule has 0 radical (unpaired) electrons. The van der Waals surface area contributed by atoms with Crippen molar-refractivity contribution in [1.29, 1.82) is 0 Å². The Labute approximate surface area is 114 Å². The van der Waals surface area contributed by atoms with Crippen molar-refractivity contribution in [2.75, 3.05) is 0 Å². The molecule has 0 spiro atoms. The Hall–Kier alpha value is -2.48. The fourth-order valence-corrected chi connectivity index (χ4v) is 1.73. The van der Waals surface area contributed by atoms with Gasteiger partial charge in [0.15, 0.2) is 11.6 Å². The predicted molar refractivity (Wildman–Crippen MR) is 68.3 cm³/mol. The lowest BCUT2D eigenvalue weighted by Gasteiger charge is -2.01. The first-order chi connectivity index (χ1) is 9.76. The van der Waals surface area contributed by atoms with Crippen LogP contribution in [-0.2, 0) is 6.54 Å². The summed E-state index contributed by atoms with van der Waals surface area (Å²) in [5, 5.41) is 11.9. The second kappa shape index (κ2) is 5.25. The molecule has 0 aromatic carbocycles. The van der Waals surface area contributed by atoms with E-state index in [0.29, 0.717) is 24.0 Å². The molecule has 0 aliphatic carbocycles. The van der Waals surface area contributed by atoms with Gasteiger partial charge in [-0.1, -0.05) is 17.3 Å². The van der Waals surface area contributed by atoms with Gasteiger partial charge in [0.1, 0.15) is 6.54 Å². The Kier molecular flexibility index (Phi) is 3.30. The number of aromatic nitrogens is 5. The van der Waals surface area contributed by atoms with Crippen molar-refractivity contribution in [3.8, 4) is 11.7 Å².